The highest BCUT2D eigenvalue weighted by Crippen LogP contribution is 2.18. The van der Waals surface area contributed by atoms with Crippen LogP contribution >= 0.6 is 0 Å². The van der Waals surface area contributed by atoms with Crippen LogP contribution in [0.25, 0.3) is 0 Å². The summed E-state index contributed by atoms with van der Waals surface area (Å²) in [4.78, 5) is 28.1. The van der Waals surface area contributed by atoms with Gasteiger partial charge in [-0.1, -0.05) is 29.8 Å². The number of carbonyl (C=O) groups excluding carboxylic acids is 2. The maximum absolute atomic E-state index is 12.7. The van der Waals surface area contributed by atoms with Gasteiger partial charge in [-0.2, -0.15) is 0 Å². The molecule has 0 radical (unpaired) electrons. The highest BCUT2D eigenvalue weighted by Gasteiger charge is 2.25. The first-order valence-corrected chi connectivity index (χ1v) is 11.5. The molecule has 2 aromatic carbocycles. The maximum Gasteiger partial charge on any atom is 0.409 e. The van der Waals surface area contributed by atoms with E-state index in [9.17, 15) is 18.0 Å². The quantitative estimate of drug-likeness (QED) is 0.728. The lowest BCUT2D eigenvalue weighted by Gasteiger charge is -2.34. The van der Waals surface area contributed by atoms with E-state index in [1.165, 1.54) is 0 Å². The summed E-state index contributed by atoms with van der Waals surface area (Å²) >= 11 is 0. The van der Waals surface area contributed by atoms with E-state index in [1.807, 2.05) is 6.92 Å². The number of benzene rings is 2. The Balaban J connectivity index is 1.61. The zero-order chi connectivity index (χ0) is 21.7. The summed E-state index contributed by atoms with van der Waals surface area (Å²) in [5.74, 6) is -0.255. The molecule has 3 rings (SSSR count). The summed E-state index contributed by atoms with van der Waals surface area (Å²) in [6, 6.07) is 13.4. The highest BCUT2D eigenvalue weighted by molar-refractivity contribution is 7.90. The maximum atomic E-state index is 12.7. The Morgan fingerprint density at radius 3 is 2.03 bits per heavy atom. The van der Waals surface area contributed by atoms with Gasteiger partial charge in [0.15, 0.2) is 9.84 Å². The summed E-state index contributed by atoms with van der Waals surface area (Å²) in [5, 5.41) is 0. The number of amides is 2. The van der Waals surface area contributed by atoms with Crippen LogP contribution in [0.15, 0.2) is 53.4 Å². The van der Waals surface area contributed by atoms with Gasteiger partial charge < -0.3 is 14.5 Å². The fraction of sp³-hybridized carbons (Fsp3) is 0.364. The third-order valence-electron chi connectivity index (χ3n) is 5.03. The minimum Gasteiger partial charge on any atom is -0.450 e. The second-order valence-electron chi connectivity index (χ2n) is 7.25. The first kappa shape index (κ1) is 21.8. The Labute approximate surface area is 177 Å². The Hall–Kier alpha value is -2.87. The molecule has 0 spiro atoms. The van der Waals surface area contributed by atoms with Crippen LogP contribution in [0.1, 0.15) is 28.4 Å². The van der Waals surface area contributed by atoms with Crippen LogP contribution in [-0.4, -0.2) is 63.0 Å². The number of carbonyl (C=O) groups is 2. The van der Waals surface area contributed by atoms with Crippen LogP contribution in [0, 0.1) is 6.92 Å². The lowest BCUT2D eigenvalue weighted by atomic mass is 10.1. The first-order valence-electron chi connectivity index (χ1n) is 9.89. The summed E-state index contributed by atoms with van der Waals surface area (Å²) in [5.41, 5.74) is 2.12. The van der Waals surface area contributed by atoms with Crippen molar-refractivity contribution in [1.82, 2.24) is 9.80 Å². The van der Waals surface area contributed by atoms with Gasteiger partial charge in [-0.3, -0.25) is 4.79 Å². The van der Waals surface area contributed by atoms with Gasteiger partial charge in [-0.15, -0.1) is 0 Å². The van der Waals surface area contributed by atoms with Crippen molar-refractivity contribution in [3.05, 3.63) is 65.2 Å². The van der Waals surface area contributed by atoms with Crippen molar-refractivity contribution >= 4 is 21.8 Å². The lowest BCUT2D eigenvalue weighted by Crippen LogP contribution is -2.50. The minimum absolute atomic E-state index is 0.122. The number of aryl methyl sites for hydroxylation is 1. The Morgan fingerprint density at radius 1 is 0.900 bits per heavy atom. The van der Waals surface area contributed by atoms with Gasteiger partial charge in [0.1, 0.15) is 0 Å². The zero-order valence-electron chi connectivity index (χ0n) is 17.2. The number of ether oxygens (including phenoxy) is 1. The summed E-state index contributed by atoms with van der Waals surface area (Å²) < 4.78 is 30.2. The molecule has 0 unspecified atom stereocenters. The monoisotopic (exact) mass is 430 g/mol. The molecular weight excluding hydrogens is 404 g/mol. The molecule has 8 heteroatoms. The third-order valence-corrected chi connectivity index (χ3v) is 6.73. The van der Waals surface area contributed by atoms with Crippen LogP contribution in [-0.2, 0) is 20.3 Å². The molecule has 1 saturated heterocycles. The average Bonchev–Trinajstić information content (AvgIpc) is 2.74. The number of nitrogens with zero attached hydrogens (tertiary/aromatic N) is 2. The second-order valence-corrected chi connectivity index (χ2v) is 9.24. The molecule has 30 heavy (non-hydrogen) atoms. The molecule has 7 nitrogen and oxygen atoms in total. The van der Waals surface area contributed by atoms with Gasteiger partial charge in [-0.25, -0.2) is 13.2 Å². The van der Waals surface area contributed by atoms with E-state index >= 15 is 0 Å². The molecule has 0 atom stereocenters. The van der Waals surface area contributed by atoms with Crippen LogP contribution in [0.5, 0.6) is 0 Å². The molecule has 1 aliphatic heterocycles. The van der Waals surface area contributed by atoms with Crippen molar-refractivity contribution < 1.29 is 22.7 Å². The Kier molecular flexibility index (Phi) is 6.77. The number of rotatable bonds is 5. The largest absolute Gasteiger partial charge is 0.450 e. The van der Waals surface area contributed by atoms with Gasteiger partial charge in [0.25, 0.3) is 5.91 Å². The molecule has 160 valence electrons. The summed E-state index contributed by atoms with van der Waals surface area (Å²) in [6.45, 7) is 5.71. The first-order chi connectivity index (χ1) is 14.3. The van der Waals surface area contributed by atoms with Crippen LogP contribution in [0.3, 0.4) is 0 Å². The predicted octanol–water partition coefficient (Wildman–Crippen LogP) is 2.88. The van der Waals surface area contributed by atoms with E-state index in [2.05, 4.69) is 0 Å². The van der Waals surface area contributed by atoms with Gasteiger partial charge in [0, 0.05) is 31.7 Å². The van der Waals surface area contributed by atoms with Gasteiger partial charge >= 0.3 is 6.09 Å². The van der Waals surface area contributed by atoms with Crippen molar-refractivity contribution in [3.8, 4) is 0 Å². The average molecular weight is 431 g/mol. The molecule has 1 aliphatic rings. The molecule has 0 N–H and O–H groups in total. The van der Waals surface area contributed by atoms with Crippen LogP contribution in [0.2, 0.25) is 0 Å². The van der Waals surface area contributed by atoms with E-state index in [1.54, 1.807) is 65.3 Å². The van der Waals surface area contributed by atoms with Gasteiger partial charge in [0.05, 0.1) is 17.3 Å². The van der Waals surface area contributed by atoms with Crippen LogP contribution < -0.4 is 0 Å². The molecular formula is C22H26N2O5S. The second kappa shape index (κ2) is 9.30. The lowest BCUT2D eigenvalue weighted by molar-refractivity contribution is 0.0570. The molecule has 0 aromatic heterocycles. The molecule has 0 bridgehead atoms. The van der Waals surface area contributed by atoms with E-state index < -0.39 is 9.84 Å². The van der Waals surface area contributed by atoms with E-state index in [0.29, 0.717) is 43.9 Å². The van der Waals surface area contributed by atoms with Crippen molar-refractivity contribution in [2.45, 2.75) is 24.5 Å². The molecule has 1 heterocycles. The fourth-order valence-electron chi connectivity index (χ4n) is 3.28. The molecule has 0 aliphatic carbocycles. The molecule has 1 fully saturated rings. The van der Waals surface area contributed by atoms with Gasteiger partial charge in [-0.05, 0) is 43.7 Å². The predicted molar refractivity (Wildman–Crippen MR) is 113 cm³/mol. The third kappa shape index (κ3) is 5.18. The molecule has 0 saturated carbocycles. The van der Waals surface area contributed by atoms with Crippen molar-refractivity contribution in [1.29, 1.82) is 0 Å². The van der Waals surface area contributed by atoms with E-state index in [4.69, 9.17) is 4.74 Å². The molecule has 2 amide bonds. The van der Waals surface area contributed by atoms with E-state index in [-0.39, 0.29) is 22.6 Å². The standard InChI is InChI=1S/C22H26N2O5S/c1-3-29-22(26)24-14-12-23(13-15-24)21(25)19-8-6-18(7-9-19)16-30(27,28)20-10-4-17(2)5-11-20/h4-11H,3,12-16H2,1-2H3. The Morgan fingerprint density at radius 2 is 1.47 bits per heavy atom. The topological polar surface area (TPSA) is 84.0 Å². The number of hydrogen-bond acceptors (Lipinski definition) is 5. The van der Waals surface area contributed by atoms with Gasteiger partial charge in [0.2, 0.25) is 0 Å². The Bertz CT molecular complexity index is 993. The number of sulfone groups is 1. The normalized spacial score (nSPS) is 14.5. The van der Waals surface area contributed by atoms with Crippen LogP contribution in [0.4, 0.5) is 4.79 Å². The molecule has 2 aromatic rings. The van der Waals surface area contributed by atoms with Crippen molar-refractivity contribution in [2.75, 3.05) is 32.8 Å². The highest BCUT2D eigenvalue weighted by atomic mass is 32.2. The smallest absolute Gasteiger partial charge is 0.409 e. The fourth-order valence-corrected chi connectivity index (χ4v) is 4.63. The zero-order valence-corrected chi connectivity index (χ0v) is 18.0. The summed E-state index contributed by atoms with van der Waals surface area (Å²) in [7, 11) is -3.45. The summed E-state index contributed by atoms with van der Waals surface area (Å²) in [6.07, 6.45) is -0.358. The number of piperazine rings is 1. The minimum atomic E-state index is -3.45. The number of hydrogen-bond donors (Lipinski definition) is 0. The van der Waals surface area contributed by atoms with Crippen molar-refractivity contribution in [2.24, 2.45) is 0 Å². The van der Waals surface area contributed by atoms with Crippen molar-refractivity contribution in [3.63, 3.8) is 0 Å². The van der Waals surface area contributed by atoms with E-state index in [0.717, 1.165) is 5.56 Å². The SMILES string of the molecule is CCOC(=O)N1CCN(C(=O)c2ccc(CS(=O)(=O)c3ccc(C)cc3)cc2)CC1.